The molecule has 0 amide bonds. The summed E-state index contributed by atoms with van der Waals surface area (Å²) in [6.07, 6.45) is 4.00. The molecule has 0 aliphatic heterocycles. The number of carbonyl (C=O) groups excluding carboxylic acids is 1. The molecule has 2 heteroatoms. The number of hydrogen-bond acceptors (Lipinski definition) is 2. The normalized spacial score (nSPS) is 26.5. The van der Waals surface area contributed by atoms with Gasteiger partial charge in [-0.3, -0.25) is 4.79 Å². The molecule has 1 aromatic carbocycles. The van der Waals surface area contributed by atoms with Gasteiger partial charge >= 0.3 is 0 Å². The zero-order valence-electron chi connectivity index (χ0n) is 13.2. The minimum absolute atomic E-state index is 0.187. The van der Waals surface area contributed by atoms with E-state index in [9.17, 15) is 4.79 Å². The predicted molar refractivity (Wildman–Crippen MR) is 82.2 cm³/mol. The number of hydrogen-bond donors (Lipinski definition) is 0. The molecule has 0 heterocycles. The third kappa shape index (κ3) is 2.80. The number of ketones is 1. The van der Waals surface area contributed by atoms with Crippen molar-refractivity contribution in [3.63, 3.8) is 0 Å². The van der Waals surface area contributed by atoms with Crippen LogP contribution in [0.15, 0.2) is 18.2 Å². The van der Waals surface area contributed by atoms with Gasteiger partial charge in [0, 0.05) is 12.2 Å². The van der Waals surface area contributed by atoms with E-state index >= 15 is 0 Å². The van der Waals surface area contributed by atoms with Gasteiger partial charge in [0.15, 0.2) is 5.78 Å². The number of ether oxygens (including phenoxy) is 1. The molecule has 0 saturated heterocycles. The predicted octanol–water partition coefficient (Wildman–Crippen LogP) is 4.47. The zero-order valence-corrected chi connectivity index (χ0v) is 13.2. The fraction of sp³-hybridized carbons (Fsp3) is 0.611. The van der Waals surface area contributed by atoms with E-state index in [1.807, 2.05) is 26.0 Å². The highest BCUT2D eigenvalue weighted by molar-refractivity contribution is 6.04. The molecule has 0 spiro atoms. The van der Waals surface area contributed by atoms with Gasteiger partial charge in [0.2, 0.25) is 0 Å². The van der Waals surface area contributed by atoms with E-state index in [2.05, 4.69) is 19.9 Å². The van der Waals surface area contributed by atoms with E-state index in [0.717, 1.165) is 30.4 Å². The van der Waals surface area contributed by atoms with Crippen LogP contribution in [-0.2, 0) is 4.74 Å². The Morgan fingerprint density at radius 3 is 2.80 bits per heavy atom. The summed E-state index contributed by atoms with van der Waals surface area (Å²) in [5.41, 5.74) is 2.51. The molecular formula is C18H26O2. The number of benzene rings is 1. The van der Waals surface area contributed by atoms with E-state index in [4.69, 9.17) is 4.74 Å². The average molecular weight is 274 g/mol. The number of rotatable bonds is 4. The van der Waals surface area contributed by atoms with Gasteiger partial charge in [-0.2, -0.15) is 0 Å². The van der Waals surface area contributed by atoms with Crippen molar-refractivity contribution < 1.29 is 9.53 Å². The molecule has 1 aliphatic rings. The molecule has 1 aliphatic carbocycles. The highest BCUT2D eigenvalue weighted by Crippen LogP contribution is 2.38. The van der Waals surface area contributed by atoms with E-state index in [0.29, 0.717) is 12.5 Å². The summed E-state index contributed by atoms with van der Waals surface area (Å²) >= 11 is 0. The molecular weight excluding hydrogens is 248 g/mol. The lowest BCUT2D eigenvalue weighted by molar-refractivity contribution is -0.0512. The maximum atomic E-state index is 13.1. The van der Waals surface area contributed by atoms with Crippen LogP contribution in [0.5, 0.6) is 0 Å². The second kappa shape index (κ2) is 6.09. The van der Waals surface area contributed by atoms with Crippen molar-refractivity contribution >= 4 is 5.78 Å². The summed E-state index contributed by atoms with van der Waals surface area (Å²) in [7, 11) is 0. The van der Waals surface area contributed by atoms with Crippen LogP contribution in [0.25, 0.3) is 0 Å². The van der Waals surface area contributed by atoms with Crippen LogP contribution in [0.3, 0.4) is 0 Å². The maximum Gasteiger partial charge on any atom is 0.194 e. The van der Waals surface area contributed by atoms with Crippen LogP contribution in [0.2, 0.25) is 0 Å². The molecule has 1 aromatic rings. The number of aryl methyl sites for hydroxylation is 1. The summed E-state index contributed by atoms with van der Waals surface area (Å²) in [5.74, 6) is 0.747. The zero-order chi connectivity index (χ0) is 14.8. The third-order valence-electron chi connectivity index (χ3n) is 4.64. The Labute approximate surface area is 122 Å². The van der Waals surface area contributed by atoms with E-state index in [-0.39, 0.29) is 5.78 Å². The second-order valence-corrected chi connectivity index (χ2v) is 6.21. The molecule has 1 fully saturated rings. The van der Waals surface area contributed by atoms with Crippen LogP contribution >= 0.6 is 0 Å². The van der Waals surface area contributed by atoms with Crippen molar-refractivity contribution in [3.05, 3.63) is 34.9 Å². The smallest absolute Gasteiger partial charge is 0.194 e. The Hall–Kier alpha value is -1.15. The van der Waals surface area contributed by atoms with Crippen LogP contribution in [0.4, 0.5) is 0 Å². The molecule has 2 unspecified atom stereocenters. The molecule has 0 aromatic heterocycles. The Kier molecular flexibility index (Phi) is 4.64. The maximum absolute atomic E-state index is 13.1. The minimum Gasteiger partial charge on any atom is -0.367 e. The molecule has 110 valence electrons. The lowest BCUT2D eigenvalue weighted by Gasteiger charge is -2.38. The molecule has 0 radical (unpaired) electrons. The van der Waals surface area contributed by atoms with Gasteiger partial charge in [0.1, 0.15) is 5.60 Å². The van der Waals surface area contributed by atoms with Crippen molar-refractivity contribution in [1.82, 2.24) is 0 Å². The van der Waals surface area contributed by atoms with Crippen LogP contribution in [0, 0.1) is 19.8 Å². The molecule has 2 atom stereocenters. The standard InChI is InChI=1S/C18H26O2/c1-5-20-18(11-7-8-13(2)12-18)17(19)16-10-6-9-14(3)15(16)4/h6,9-10,13H,5,7-8,11-12H2,1-4H3. The SMILES string of the molecule is CCOC1(C(=O)c2cccc(C)c2C)CCCC(C)C1. The third-order valence-corrected chi connectivity index (χ3v) is 4.64. The molecule has 1 saturated carbocycles. The summed E-state index contributed by atoms with van der Waals surface area (Å²) in [6, 6.07) is 5.98. The number of carbonyl (C=O) groups is 1. The van der Waals surface area contributed by atoms with Crippen molar-refractivity contribution in [2.75, 3.05) is 6.61 Å². The van der Waals surface area contributed by atoms with Crippen LogP contribution in [-0.4, -0.2) is 18.0 Å². The first kappa shape index (κ1) is 15.2. The van der Waals surface area contributed by atoms with E-state index in [1.165, 1.54) is 12.0 Å². The average Bonchev–Trinajstić information content (AvgIpc) is 2.41. The highest BCUT2D eigenvalue weighted by atomic mass is 16.5. The summed E-state index contributed by atoms with van der Waals surface area (Å²) in [4.78, 5) is 13.1. The fourth-order valence-corrected chi connectivity index (χ4v) is 3.42. The van der Waals surface area contributed by atoms with Crippen molar-refractivity contribution in [1.29, 1.82) is 0 Å². The van der Waals surface area contributed by atoms with Gasteiger partial charge in [0.25, 0.3) is 0 Å². The summed E-state index contributed by atoms with van der Waals surface area (Å²) in [6.45, 7) is 8.90. The largest absolute Gasteiger partial charge is 0.367 e. The minimum atomic E-state index is -0.592. The molecule has 0 N–H and O–H groups in total. The van der Waals surface area contributed by atoms with Gasteiger partial charge in [-0.25, -0.2) is 0 Å². The summed E-state index contributed by atoms with van der Waals surface area (Å²) in [5, 5.41) is 0. The van der Waals surface area contributed by atoms with Crippen molar-refractivity contribution in [3.8, 4) is 0 Å². The van der Waals surface area contributed by atoms with E-state index in [1.54, 1.807) is 0 Å². The Balaban J connectivity index is 2.38. The van der Waals surface area contributed by atoms with Gasteiger partial charge in [0.05, 0.1) is 0 Å². The van der Waals surface area contributed by atoms with Gasteiger partial charge in [-0.05, 0) is 57.1 Å². The Bertz CT molecular complexity index is 488. The van der Waals surface area contributed by atoms with E-state index < -0.39 is 5.60 Å². The Morgan fingerprint density at radius 2 is 2.15 bits per heavy atom. The molecule has 20 heavy (non-hydrogen) atoms. The van der Waals surface area contributed by atoms with Gasteiger partial charge in [-0.1, -0.05) is 31.5 Å². The van der Waals surface area contributed by atoms with Crippen LogP contribution < -0.4 is 0 Å². The lowest BCUT2D eigenvalue weighted by atomic mass is 9.74. The first-order valence-electron chi connectivity index (χ1n) is 7.75. The summed E-state index contributed by atoms with van der Waals surface area (Å²) < 4.78 is 6.00. The number of Topliss-reactive ketones (excluding diaryl/α,β-unsaturated/α-hetero) is 1. The van der Waals surface area contributed by atoms with Gasteiger partial charge in [-0.15, -0.1) is 0 Å². The fourth-order valence-electron chi connectivity index (χ4n) is 3.42. The first-order chi connectivity index (χ1) is 9.50. The Morgan fingerprint density at radius 1 is 1.40 bits per heavy atom. The molecule has 2 rings (SSSR count). The van der Waals surface area contributed by atoms with Gasteiger partial charge < -0.3 is 4.74 Å². The quantitative estimate of drug-likeness (QED) is 0.757. The first-order valence-corrected chi connectivity index (χ1v) is 7.75. The highest BCUT2D eigenvalue weighted by Gasteiger charge is 2.43. The second-order valence-electron chi connectivity index (χ2n) is 6.21. The molecule has 2 nitrogen and oxygen atoms in total. The van der Waals surface area contributed by atoms with Crippen molar-refractivity contribution in [2.45, 2.75) is 59.0 Å². The van der Waals surface area contributed by atoms with Crippen LogP contribution in [0.1, 0.15) is 61.0 Å². The molecule has 0 bridgehead atoms. The monoisotopic (exact) mass is 274 g/mol. The lowest BCUT2D eigenvalue weighted by Crippen LogP contribution is -2.45. The van der Waals surface area contributed by atoms with Crippen molar-refractivity contribution in [2.24, 2.45) is 5.92 Å². The topological polar surface area (TPSA) is 26.3 Å².